The Balaban J connectivity index is 2.45. The SMILES string of the molecule is CC(NC(=O)C1NCCC1C)C(N)=O. The van der Waals surface area contributed by atoms with Crippen LogP contribution in [-0.2, 0) is 9.59 Å². The van der Waals surface area contributed by atoms with Crippen LogP contribution in [-0.4, -0.2) is 30.4 Å². The van der Waals surface area contributed by atoms with Gasteiger partial charge in [-0.05, 0) is 25.8 Å². The number of hydrogen-bond donors (Lipinski definition) is 3. The number of carbonyl (C=O) groups is 2. The second kappa shape index (κ2) is 4.41. The maximum absolute atomic E-state index is 11.6. The van der Waals surface area contributed by atoms with Gasteiger partial charge in [-0.3, -0.25) is 9.59 Å². The van der Waals surface area contributed by atoms with Gasteiger partial charge in [-0.15, -0.1) is 0 Å². The van der Waals surface area contributed by atoms with Crippen LogP contribution in [0, 0.1) is 5.92 Å². The van der Waals surface area contributed by atoms with Crippen LogP contribution < -0.4 is 16.4 Å². The summed E-state index contributed by atoms with van der Waals surface area (Å²) in [5.74, 6) is -0.333. The lowest BCUT2D eigenvalue weighted by atomic mass is 10.0. The van der Waals surface area contributed by atoms with E-state index in [0.717, 1.165) is 13.0 Å². The number of primary amides is 1. The van der Waals surface area contributed by atoms with E-state index in [-0.39, 0.29) is 11.9 Å². The number of amides is 2. The lowest BCUT2D eigenvalue weighted by molar-refractivity contribution is -0.128. The zero-order valence-corrected chi connectivity index (χ0v) is 8.54. The summed E-state index contributed by atoms with van der Waals surface area (Å²) in [6.07, 6.45) is 0.989. The molecule has 1 aliphatic heterocycles. The molecule has 4 N–H and O–H groups in total. The van der Waals surface area contributed by atoms with Gasteiger partial charge >= 0.3 is 0 Å². The molecule has 1 heterocycles. The molecule has 2 amide bonds. The van der Waals surface area contributed by atoms with Crippen molar-refractivity contribution in [3.8, 4) is 0 Å². The third kappa shape index (κ3) is 2.45. The molecule has 80 valence electrons. The molecule has 5 nitrogen and oxygen atoms in total. The average Bonchev–Trinajstić information content (AvgIpc) is 2.51. The minimum atomic E-state index is -0.600. The van der Waals surface area contributed by atoms with Crippen LogP contribution in [0.25, 0.3) is 0 Å². The van der Waals surface area contributed by atoms with Crippen LogP contribution in [0.2, 0.25) is 0 Å². The molecular formula is C9H17N3O2. The highest BCUT2D eigenvalue weighted by atomic mass is 16.2. The van der Waals surface area contributed by atoms with Crippen molar-refractivity contribution in [3.05, 3.63) is 0 Å². The summed E-state index contributed by atoms with van der Waals surface area (Å²) in [6.45, 7) is 4.45. The second-order valence-corrected chi connectivity index (χ2v) is 3.83. The number of hydrogen-bond acceptors (Lipinski definition) is 3. The second-order valence-electron chi connectivity index (χ2n) is 3.83. The molecule has 1 saturated heterocycles. The minimum Gasteiger partial charge on any atom is -0.368 e. The molecule has 3 atom stereocenters. The molecule has 5 heteroatoms. The molecule has 0 aliphatic carbocycles. The Morgan fingerprint density at radius 3 is 2.64 bits per heavy atom. The molecule has 1 rings (SSSR count). The summed E-state index contributed by atoms with van der Waals surface area (Å²) in [7, 11) is 0. The summed E-state index contributed by atoms with van der Waals surface area (Å²) >= 11 is 0. The number of carbonyl (C=O) groups excluding carboxylic acids is 2. The van der Waals surface area contributed by atoms with Gasteiger partial charge < -0.3 is 16.4 Å². The van der Waals surface area contributed by atoms with E-state index in [1.165, 1.54) is 0 Å². The third-order valence-electron chi connectivity index (χ3n) is 2.60. The van der Waals surface area contributed by atoms with E-state index in [4.69, 9.17) is 5.73 Å². The predicted molar refractivity (Wildman–Crippen MR) is 52.4 cm³/mol. The van der Waals surface area contributed by atoms with Crippen molar-refractivity contribution < 1.29 is 9.59 Å². The first-order valence-corrected chi connectivity index (χ1v) is 4.85. The fourth-order valence-corrected chi connectivity index (χ4v) is 1.56. The van der Waals surface area contributed by atoms with Crippen molar-refractivity contribution in [1.82, 2.24) is 10.6 Å². The van der Waals surface area contributed by atoms with E-state index in [2.05, 4.69) is 10.6 Å². The smallest absolute Gasteiger partial charge is 0.239 e. The number of nitrogens with two attached hydrogens (primary N) is 1. The highest BCUT2D eigenvalue weighted by molar-refractivity contribution is 5.89. The molecule has 0 aromatic carbocycles. The summed E-state index contributed by atoms with van der Waals surface area (Å²) in [4.78, 5) is 22.3. The highest BCUT2D eigenvalue weighted by Gasteiger charge is 2.30. The van der Waals surface area contributed by atoms with Gasteiger partial charge in [-0.2, -0.15) is 0 Å². The topological polar surface area (TPSA) is 84.2 Å². The molecule has 3 unspecified atom stereocenters. The molecule has 0 radical (unpaired) electrons. The molecule has 1 fully saturated rings. The van der Waals surface area contributed by atoms with Gasteiger partial charge in [-0.25, -0.2) is 0 Å². The number of nitrogens with one attached hydrogen (secondary N) is 2. The van der Waals surface area contributed by atoms with E-state index in [1.54, 1.807) is 6.92 Å². The Bertz CT molecular complexity index is 242. The van der Waals surface area contributed by atoms with E-state index >= 15 is 0 Å². The van der Waals surface area contributed by atoms with Gasteiger partial charge in [0.05, 0.1) is 6.04 Å². The maximum atomic E-state index is 11.6. The van der Waals surface area contributed by atoms with E-state index in [9.17, 15) is 9.59 Å². The minimum absolute atomic E-state index is 0.138. The van der Waals surface area contributed by atoms with Gasteiger partial charge in [0.2, 0.25) is 11.8 Å². The molecule has 14 heavy (non-hydrogen) atoms. The lowest BCUT2D eigenvalue weighted by Gasteiger charge is -2.17. The molecule has 0 spiro atoms. The van der Waals surface area contributed by atoms with Crippen LogP contribution in [0.15, 0.2) is 0 Å². The van der Waals surface area contributed by atoms with E-state index < -0.39 is 11.9 Å². The Labute approximate surface area is 83.4 Å². The van der Waals surface area contributed by atoms with Crippen molar-refractivity contribution in [1.29, 1.82) is 0 Å². The predicted octanol–water partition coefficient (Wildman–Crippen LogP) is -1.03. The molecule has 0 aromatic heterocycles. The molecule has 0 saturated carbocycles. The summed E-state index contributed by atoms with van der Waals surface area (Å²) in [6, 6.07) is -0.783. The van der Waals surface area contributed by atoms with Crippen molar-refractivity contribution >= 4 is 11.8 Å². The normalized spacial score (nSPS) is 28.4. The lowest BCUT2D eigenvalue weighted by Crippen LogP contribution is -2.50. The van der Waals surface area contributed by atoms with Crippen LogP contribution in [0.3, 0.4) is 0 Å². The van der Waals surface area contributed by atoms with E-state index in [0.29, 0.717) is 5.92 Å². The summed E-state index contributed by atoms with van der Waals surface area (Å²) < 4.78 is 0. The van der Waals surface area contributed by atoms with Crippen LogP contribution >= 0.6 is 0 Å². The third-order valence-corrected chi connectivity index (χ3v) is 2.60. The first kappa shape index (κ1) is 11.0. The quantitative estimate of drug-likeness (QED) is 0.543. The first-order valence-electron chi connectivity index (χ1n) is 4.85. The van der Waals surface area contributed by atoms with Gasteiger partial charge in [0.1, 0.15) is 6.04 Å². The van der Waals surface area contributed by atoms with Gasteiger partial charge in [0.25, 0.3) is 0 Å². The molecule has 0 bridgehead atoms. The Morgan fingerprint density at radius 1 is 1.57 bits per heavy atom. The highest BCUT2D eigenvalue weighted by Crippen LogP contribution is 2.14. The molecule has 1 aliphatic rings. The fourth-order valence-electron chi connectivity index (χ4n) is 1.56. The largest absolute Gasteiger partial charge is 0.368 e. The average molecular weight is 199 g/mol. The van der Waals surface area contributed by atoms with Crippen LogP contribution in [0.1, 0.15) is 20.3 Å². The van der Waals surface area contributed by atoms with Crippen molar-refractivity contribution in [2.45, 2.75) is 32.4 Å². The summed E-state index contributed by atoms with van der Waals surface area (Å²) in [5, 5.41) is 5.66. The maximum Gasteiger partial charge on any atom is 0.239 e. The first-order chi connectivity index (χ1) is 6.52. The van der Waals surface area contributed by atoms with Gasteiger partial charge in [0, 0.05) is 0 Å². The molecule has 0 aromatic rings. The van der Waals surface area contributed by atoms with Crippen molar-refractivity contribution in [3.63, 3.8) is 0 Å². The Kier molecular flexibility index (Phi) is 3.46. The van der Waals surface area contributed by atoms with E-state index in [1.807, 2.05) is 6.92 Å². The Hall–Kier alpha value is -1.10. The summed E-state index contributed by atoms with van der Waals surface area (Å²) in [5.41, 5.74) is 5.04. The zero-order valence-electron chi connectivity index (χ0n) is 8.54. The standard InChI is InChI=1S/C9H17N3O2/c1-5-3-4-11-7(5)9(14)12-6(2)8(10)13/h5-7,11H,3-4H2,1-2H3,(H2,10,13)(H,12,14). The van der Waals surface area contributed by atoms with Gasteiger partial charge in [-0.1, -0.05) is 6.92 Å². The monoisotopic (exact) mass is 199 g/mol. The van der Waals surface area contributed by atoms with Crippen LogP contribution in [0.4, 0.5) is 0 Å². The molecular weight excluding hydrogens is 182 g/mol. The van der Waals surface area contributed by atoms with Gasteiger partial charge in [0.15, 0.2) is 0 Å². The Morgan fingerprint density at radius 2 is 2.21 bits per heavy atom. The fraction of sp³-hybridized carbons (Fsp3) is 0.778. The van der Waals surface area contributed by atoms with Crippen molar-refractivity contribution in [2.24, 2.45) is 11.7 Å². The van der Waals surface area contributed by atoms with Crippen molar-refractivity contribution in [2.75, 3.05) is 6.54 Å². The number of rotatable bonds is 3. The zero-order chi connectivity index (χ0) is 10.7. The van der Waals surface area contributed by atoms with Crippen LogP contribution in [0.5, 0.6) is 0 Å².